The van der Waals surface area contributed by atoms with Gasteiger partial charge in [0.05, 0.1) is 16.9 Å². The molecule has 6 nitrogen and oxygen atoms in total. The van der Waals surface area contributed by atoms with E-state index < -0.39 is 0 Å². The minimum absolute atomic E-state index is 0.462. The predicted octanol–water partition coefficient (Wildman–Crippen LogP) is 4.63. The molecule has 0 atom stereocenters. The van der Waals surface area contributed by atoms with Gasteiger partial charge in [-0.1, -0.05) is 35.9 Å². The molecule has 7 heteroatoms. The maximum Gasteiger partial charge on any atom is 0.190 e. The van der Waals surface area contributed by atoms with Gasteiger partial charge >= 0.3 is 0 Å². The van der Waals surface area contributed by atoms with E-state index in [0.29, 0.717) is 16.8 Å². The van der Waals surface area contributed by atoms with Crippen LogP contribution in [0.25, 0.3) is 28.3 Å². The Kier molecular flexibility index (Phi) is 4.13. The molecule has 0 saturated heterocycles. The first kappa shape index (κ1) is 17.0. The number of hydrogen-bond donors (Lipinski definition) is 0. The Morgan fingerprint density at radius 3 is 2.54 bits per heavy atom. The van der Waals surface area contributed by atoms with E-state index in [1.807, 2.05) is 42.6 Å². The average Bonchev–Trinajstić information content (AvgIpc) is 3.46. The van der Waals surface area contributed by atoms with Gasteiger partial charge in [-0.2, -0.15) is 4.68 Å². The molecule has 0 unspecified atom stereocenters. The highest BCUT2D eigenvalue weighted by Gasteiger charge is 2.28. The van der Waals surface area contributed by atoms with Crippen molar-refractivity contribution in [2.45, 2.75) is 25.7 Å². The Bertz CT molecular complexity index is 1150. The summed E-state index contributed by atoms with van der Waals surface area (Å²) in [7, 11) is 0. The Morgan fingerprint density at radius 2 is 1.79 bits per heavy atom. The fourth-order valence-electron chi connectivity index (χ4n) is 3.25. The third-order valence-corrected chi connectivity index (χ3v) is 5.18. The molecule has 0 spiro atoms. The molecule has 0 N–H and O–H groups in total. The van der Waals surface area contributed by atoms with Crippen LogP contribution in [0, 0.1) is 6.92 Å². The van der Waals surface area contributed by atoms with E-state index in [4.69, 9.17) is 16.6 Å². The molecule has 2 aromatic carbocycles. The van der Waals surface area contributed by atoms with Crippen LogP contribution in [0.15, 0.2) is 54.7 Å². The summed E-state index contributed by atoms with van der Waals surface area (Å²) in [5, 5.41) is 13.0. The molecule has 2 aromatic heterocycles. The number of tetrazole rings is 1. The van der Waals surface area contributed by atoms with E-state index in [1.165, 1.54) is 0 Å². The van der Waals surface area contributed by atoms with E-state index in [0.717, 1.165) is 46.7 Å². The van der Waals surface area contributed by atoms with Gasteiger partial charge < -0.3 is 0 Å². The van der Waals surface area contributed by atoms with Gasteiger partial charge in [-0.25, -0.2) is 9.97 Å². The predicted molar refractivity (Wildman–Crippen MR) is 107 cm³/mol. The standard InChI is InChI=1S/C21H17ClN6/c1-13-4-2-3-5-17(13)19-18(12-23-20(24-19)14-6-7-14)21-25-26-27-28(21)16-10-8-15(22)9-11-16/h2-5,8-12,14H,6-7H2,1H3. The lowest BCUT2D eigenvalue weighted by atomic mass is 10.0. The van der Waals surface area contributed by atoms with Crippen molar-refractivity contribution in [1.82, 2.24) is 30.2 Å². The van der Waals surface area contributed by atoms with E-state index in [9.17, 15) is 0 Å². The minimum atomic E-state index is 0.462. The highest BCUT2D eigenvalue weighted by Crippen LogP contribution is 2.40. The molecular formula is C21H17ClN6. The first-order valence-electron chi connectivity index (χ1n) is 9.18. The molecule has 2 heterocycles. The second-order valence-electron chi connectivity index (χ2n) is 6.97. The molecule has 1 aliphatic carbocycles. The number of rotatable bonds is 4. The number of nitrogens with zero attached hydrogens (tertiary/aromatic N) is 6. The first-order valence-corrected chi connectivity index (χ1v) is 9.56. The summed E-state index contributed by atoms with van der Waals surface area (Å²) in [4.78, 5) is 9.55. The third-order valence-electron chi connectivity index (χ3n) is 4.93. The average molecular weight is 389 g/mol. The van der Waals surface area contributed by atoms with Gasteiger partial charge in [-0.3, -0.25) is 0 Å². The molecule has 1 aliphatic rings. The van der Waals surface area contributed by atoms with Crippen LogP contribution in [0.1, 0.15) is 30.1 Å². The Morgan fingerprint density at radius 1 is 1.00 bits per heavy atom. The molecule has 0 radical (unpaired) electrons. The topological polar surface area (TPSA) is 69.4 Å². The second kappa shape index (κ2) is 6.80. The Labute approximate surface area is 167 Å². The van der Waals surface area contributed by atoms with Gasteiger partial charge in [0, 0.05) is 22.7 Å². The monoisotopic (exact) mass is 388 g/mol. The van der Waals surface area contributed by atoms with Crippen LogP contribution in [-0.2, 0) is 0 Å². The molecule has 0 bridgehead atoms. The number of halogens is 1. The van der Waals surface area contributed by atoms with Crippen molar-refractivity contribution in [3.05, 3.63) is 71.1 Å². The molecule has 4 aromatic rings. The van der Waals surface area contributed by atoms with Crippen molar-refractivity contribution in [3.63, 3.8) is 0 Å². The zero-order valence-corrected chi connectivity index (χ0v) is 16.0. The van der Waals surface area contributed by atoms with Gasteiger partial charge in [0.15, 0.2) is 5.82 Å². The maximum absolute atomic E-state index is 6.02. The van der Waals surface area contributed by atoms with E-state index in [2.05, 4.69) is 39.6 Å². The minimum Gasteiger partial charge on any atom is -0.240 e. The number of aromatic nitrogens is 6. The molecule has 0 aliphatic heterocycles. The molecular weight excluding hydrogens is 372 g/mol. The fraction of sp³-hybridized carbons (Fsp3) is 0.190. The molecule has 1 saturated carbocycles. The second-order valence-corrected chi connectivity index (χ2v) is 7.41. The summed E-state index contributed by atoms with van der Waals surface area (Å²) in [5.41, 5.74) is 4.70. The van der Waals surface area contributed by atoms with E-state index in [-0.39, 0.29) is 0 Å². The lowest BCUT2D eigenvalue weighted by molar-refractivity contribution is 0.791. The molecule has 138 valence electrons. The van der Waals surface area contributed by atoms with Crippen LogP contribution in [0.2, 0.25) is 5.02 Å². The van der Waals surface area contributed by atoms with Crippen molar-refractivity contribution in [1.29, 1.82) is 0 Å². The lowest BCUT2D eigenvalue weighted by Crippen LogP contribution is -2.04. The zero-order valence-electron chi connectivity index (χ0n) is 15.2. The van der Waals surface area contributed by atoms with Crippen molar-refractivity contribution >= 4 is 11.6 Å². The number of benzene rings is 2. The van der Waals surface area contributed by atoms with E-state index >= 15 is 0 Å². The molecule has 1 fully saturated rings. The van der Waals surface area contributed by atoms with Crippen LogP contribution in [-0.4, -0.2) is 30.2 Å². The summed E-state index contributed by atoms with van der Waals surface area (Å²) >= 11 is 6.02. The third kappa shape index (κ3) is 3.05. The highest BCUT2D eigenvalue weighted by molar-refractivity contribution is 6.30. The highest BCUT2D eigenvalue weighted by atomic mass is 35.5. The summed E-state index contributed by atoms with van der Waals surface area (Å²) < 4.78 is 1.69. The Hall–Kier alpha value is -3.12. The quantitative estimate of drug-likeness (QED) is 0.510. The Balaban J connectivity index is 1.70. The van der Waals surface area contributed by atoms with Gasteiger partial charge in [-0.05, 0) is 60.0 Å². The van der Waals surface area contributed by atoms with Gasteiger partial charge in [0.2, 0.25) is 0 Å². The molecule has 28 heavy (non-hydrogen) atoms. The van der Waals surface area contributed by atoms with Gasteiger partial charge in [0.1, 0.15) is 5.82 Å². The maximum atomic E-state index is 6.02. The smallest absolute Gasteiger partial charge is 0.190 e. The number of hydrogen-bond acceptors (Lipinski definition) is 5. The van der Waals surface area contributed by atoms with Crippen LogP contribution in [0.4, 0.5) is 0 Å². The SMILES string of the molecule is Cc1ccccc1-c1nc(C2CC2)ncc1-c1nnnn1-c1ccc(Cl)cc1. The largest absolute Gasteiger partial charge is 0.240 e. The fourth-order valence-corrected chi connectivity index (χ4v) is 3.38. The summed E-state index contributed by atoms with van der Waals surface area (Å²) in [5.74, 6) is 1.96. The van der Waals surface area contributed by atoms with Crippen molar-refractivity contribution in [2.24, 2.45) is 0 Å². The zero-order chi connectivity index (χ0) is 19.1. The molecule has 5 rings (SSSR count). The van der Waals surface area contributed by atoms with E-state index in [1.54, 1.807) is 4.68 Å². The van der Waals surface area contributed by atoms with Gasteiger partial charge in [0.25, 0.3) is 0 Å². The van der Waals surface area contributed by atoms with Crippen LogP contribution >= 0.6 is 11.6 Å². The lowest BCUT2D eigenvalue weighted by Gasteiger charge is -2.12. The number of aryl methyl sites for hydroxylation is 1. The van der Waals surface area contributed by atoms with Crippen molar-refractivity contribution in [3.8, 4) is 28.3 Å². The summed E-state index contributed by atoms with van der Waals surface area (Å²) in [6, 6.07) is 15.6. The molecule has 0 amide bonds. The van der Waals surface area contributed by atoms with Crippen molar-refractivity contribution < 1.29 is 0 Å². The summed E-state index contributed by atoms with van der Waals surface area (Å²) in [6.07, 6.45) is 4.14. The van der Waals surface area contributed by atoms with Crippen molar-refractivity contribution in [2.75, 3.05) is 0 Å². The van der Waals surface area contributed by atoms with Crippen LogP contribution < -0.4 is 0 Å². The van der Waals surface area contributed by atoms with Crippen LogP contribution in [0.5, 0.6) is 0 Å². The van der Waals surface area contributed by atoms with Gasteiger partial charge in [-0.15, -0.1) is 5.10 Å². The van der Waals surface area contributed by atoms with Crippen LogP contribution in [0.3, 0.4) is 0 Å². The first-order chi connectivity index (χ1) is 13.7. The summed E-state index contributed by atoms with van der Waals surface area (Å²) in [6.45, 7) is 2.08. The normalized spacial score (nSPS) is 13.6.